The lowest BCUT2D eigenvalue weighted by Gasteiger charge is -2.07. The van der Waals surface area contributed by atoms with Gasteiger partial charge in [0.1, 0.15) is 0 Å². The van der Waals surface area contributed by atoms with E-state index in [1.54, 1.807) is 24.3 Å². The molecule has 2 aromatic heterocycles. The third kappa shape index (κ3) is 4.26. The quantitative estimate of drug-likeness (QED) is 0.447. The van der Waals surface area contributed by atoms with Crippen LogP contribution in [-0.2, 0) is 16.3 Å². The number of nitrogens with zero attached hydrogens (tertiary/aromatic N) is 1. The molecule has 0 aliphatic carbocycles. The number of aromatic amines is 1. The van der Waals surface area contributed by atoms with E-state index in [0.717, 1.165) is 39.8 Å². The summed E-state index contributed by atoms with van der Waals surface area (Å²) in [4.78, 5) is 8.32. The van der Waals surface area contributed by atoms with Gasteiger partial charge in [-0.3, -0.25) is 0 Å². The van der Waals surface area contributed by atoms with Crippen molar-refractivity contribution >= 4 is 32.5 Å². The first-order valence-electron chi connectivity index (χ1n) is 9.55. The number of aliphatic hydroxyl groups excluding tert-OH is 1. The van der Waals surface area contributed by atoms with Crippen molar-refractivity contribution in [3.63, 3.8) is 0 Å². The Kier molecular flexibility index (Phi) is 5.64. The van der Waals surface area contributed by atoms with Crippen molar-refractivity contribution in [2.45, 2.75) is 17.7 Å². The summed E-state index contributed by atoms with van der Waals surface area (Å²) < 4.78 is 23.3. The van der Waals surface area contributed by atoms with E-state index >= 15 is 0 Å². The SMILES string of the molecule is CS(=O)(=O)c1ccc(-c2ccc(-c3nc4cc(CCCO)[nH]c4cc3Cl)cc2)cc1. The highest BCUT2D eigenvalue weighted by molar-refractivity contribution is 7.90. The van der Waals surface area contributed by atoms with Crippen LogP contribution in [0.5, 0.6) is 0 Å². The van der Waals surface area contributed by atoms with E-state index in [0.29, 0.717) is 22.0 Å². The van der Waals surface area contributed by atoms with E-state index < -0.39 is 9.84 Å². The first-order valence-corrected chi connectivity index (χ1v) is 11.8. The van der Waals surface area contributed by atoms with Crippen LogP contribution < -0.4 is 0 Å². The summed E-state index contributed by atoms with van der Waals surface area (Å²) in [6.45, 7) is 0.151. The molecule has 0 atom stereocenters. The molecule has 0 fully saturated rings. The number of H-pyrrole nitrogens is 1. The van der Waals surface area contributed by atoms with Crippen LogP contribution in [0.1, 0.15) is 12.1 Å². The van der Waals surface area contributed by atoms with Crippen LogP contribution in [0, 0.1) is 0 Å². The van der Waals surface area contributed by atoms with Gasteiger partial charge < -0.3 is 10.1 Å². The number of hydrogen-bond donors (Lipinski definition) is 2. The third-order valence-corrected chi connectivity index (χ3v) is 6.41. The zero-order chi connectivity index (χ0) is 21.3. The molecule has 2 heterocycles. The Hall–Kier alpha value is -2.67. The Labute approximate surface area is 180 Å². The molecular formula is C23H21ClN2O3S. The molecule has 0 saturated heterocycles. The van der Waals surface area contributed by atoms with Crippen LogP contribution in [0.2, 0.25) is 5.02 Å². The van der Waals surface area contributed by atoms with E-state index in [4.69, 9.17) is 21.7 Å². The van der Waals surface area contributed by atoms with Crippen molar-refractivity contribution in [3.05, 3.63) is 71.4 Å². The number of benzene rings is 2. The predicted octanol–water partition coefficient (Wildman–Crippen LogP) is 4.88. The number of pyridine rings is 1. The number of aryl methyl sites for hydroxylation is 1. The van der Waals surface area contributed by atoms with Crippen LogP contribution in [0.15, 0.2) is 65.6 Å². The summed E-state index contributed by atoms with van der Waals surface area (Å²) in [5, 5.41) is 9.57. The van der Waals surface area contributed by atoms with Crippen LogP contribution in [0.4, 0.5) is 0 Å². The molecule has 5 nitrogen and oxygen atoms in total. The average molecular weight is 441 g/mol. The maximum Gasteiger partial charge on any atom is 0.175 e. The molecule has 4 rings (SSSR count). The lowest BCUT2D eigenvalue weighted by molar-refractivity contribution is 0.288. The van der Waals surface area contributed by atoms with E-state index in [9.17, 15) is 8.42 Å². The van der Waals surface area contributed by atoms with Gasteiger partial charge in [-0.1, -0.05) is 48.0 Å². The minimum atomic E-state index is -3.21. The van der Waals surface area contributed by atoms with E-state index in [2.05, 4.69) is 4.98 Å². The Morgan fingerprint density at radius 1 is 0.967 bits per heavy atom. The molecule has 4 aromatic rings. The normalized spacial score (nSPS) is 11.8. The second kappa shape index (κ2) is 8.22. The summed E-state index contributed by atoms with van der Waals surface area (Å²) in [6.07, 6.45) is 2.65. The number of aliphatic hydroxyl groups is 1. The Bertz CT molecular complexity index is 1300. The Morgan fingerprint density at radius 2 is 1.57 bits per heavy atom. The second-order valence-corrected chi connectivity index (χ2v) is 9.67. The molecule has 0 spiro atoms. The molecule has 0 aliphatic heterocycles. The highest BCUT2D eigenvalue weighted by atomic mass is 35.5. The van der Waals surface area contributed by atoms with Gasteiger partial charge in [0.15, 0.2) is 9.84 Å². The number of sulfone groups is 1. The number of nitrogens with one attached hydrogen (secondary N) is 1. The van der Waals surface area contributed by atoms with Crippen molar-refractivity contribution in [2.75, 3.05) is 12.9 Å². The number of hydrogen-bond acceptors (Lipinski definition) is 4. The van der Waals surface area contributed by atoms with Gasteiger partial charge in [-0.25, -0.2) is 13.4 Å². The summed E-state index contributed by atoms with van der Waals surface area (Å²) in [6, 6.07) is 18.6. The maximum absolute atomic E-state index is 11.6. The number of rotatable bonds is 6. The van der Waals surface area contributed by atoms with Gasteiger partial charge in [0.2, 0.25) is 0 Å². The Morgan fingerprint density at radius 3 is 2.17 bits per heavy atom. The van der Waals surface area contributed by atoms with Gasteiger partial charge in [-0.15, -0.1) is 0 Å². The average Bonchev–Trinajstić information content (AvgIpc) is 3.13. The molecule has 154 valence electrons. The van der Waals surface area contributed by atoms with Crippen LogP contribution >= 0.6 is 11.6 Å². The molecule has 0 saturated carbocycles. The van der Waals surface area contributed by atoms with Crippen molar-refractivity contribution in [1.82, 2.24) is 9.97 Å². The maximum atomic E-state index is 11.6. The molecular weight excluding hydrogens is 420 g/mol. The predicted molar refractivity (Wildman–Crippen MR) is 120 cm³/mol. The topological polar surface area (TPSA) is 83.1 Å². The summed E-state index contributed by atoms with van der Waals surface area (Å²) in [5.74, 6) is 0. The smallest absolute Gasteiger partial charge is 0.175 e. The van der Waals surface area contributed by atoms with Crippen LogP contribution in [0.3, 0.4) is 0 Å². The summed E-state index contributed by atoms with van der Waals surface area (Å²) >= 11 is 6.49. The zero-order valence-electron chi connectivity index (χ0n) is 16.4. The second-order valence-electron chi connectivity index (χ2n) is 7.25. The van der Waals surface area contributed by atoms with Gasteiger partial charge in [0, 0.05) is 24.1 Å². The molecule has 7 heteroatoms. The standard InChI is InChI=1S/C23H21ClN2O3S/c1-30(28,29)19-10-8-16(9-11-19)15-4-6-17(7-5-15)23-20(24)14-22-21(26-23)13-18(25-22)3-2-12-27/h4-11,13-14,25,27H,2-3,12H2,1H3. The molecule has 30 heavy (non-hydrogen) atoms. The molecule has 0 aliphatic rings. The van der Waals surface area contributed by atoms with E-state index in [1.807, 2.05) is 36.4 Å². The Balaban J connectivity index is 1.63. The van der Waals surface area contributed by atoms with Crippen molar-refractivity contribution in [3.8, 4) is 22.4 Å². The zero-order valence-corrected chi connectivity index (χ0v) is 18.0. The van der Waals surface area contributed by atoms with Crippen LogP contribution in [0.25, 0.3) is 33.4 Å². The molecule has 0 radical (unpaired) electrons. The molecule has 0 unspecified atom stereocenters. The van der Waals surface area contributed by atoms with Crippen molar-refractivity contribution < 1.29 is 13.5 Å². The first kappa shape index (κ1) is 20.6. The molecule has 2 aromatic carbocycles. The van der Waals surface area contributed by atoms with Crippen LogP contribution in [-0.4, -0.2) is 36.4 Å². The lowest BCUT2D eigenvalue weighted by atomic mass is 10.0. The third-order valence-electron chi connectivity index (χ3n) is 4.99. The number of aromatic nitrogens is 2. The molecule has 0 bridgehead atoms. The fourth-order valence-electron chi connectivity index (χ4n) is 3.41. The monoisotopic (exact) mass is 440 g/mol. The van der Waals surface area contributed by atoms with Gasteiger partial charge >= 0.3 is 0 Å². The minimum absolute atomic E-state index is 0.151. The molecule has 2 N–H and O–H groups in total. The molecule has 0 amide bonds. The van der Waals surface area contributed by atoms with Gasteiger partial charge in [-0.2, -0.15) is 0 Å². The summed E-state index contributed by atoms with van der Waals surface area (Å²) in [7, 11) is -3.21. The van der Waals surface area contributed by atoms with E-state index in [-0.39, 0.29) is 6.61 Å². The highest BCUT2D eigenvalue weighted by Gasteiger charge is 2.11. The van der Waals surface area contributed by atoms with Gasteiger partial charge in [0.25, 0.3) is 0 Å². The largest absolute Gasteiger partial charge is 0.396 e. The fraction of sp³-hybridized carbons (Fsp3) is 0.174. The summed E-state index contributed by atoms with van der Waals surface area (Å²) in [5.41, 5.74) is 6.24. The van der Waals surface area contributed by atoms with Crippen molar-refractivity contribution in [2.24, 2.45) is 0 Å². The highest BCUT2D eigenvalue weighted by Crippen LogP contribution is 2.31. The fourth-order valence-corrected chi connectivity index (χ4v) is 4.30. The minimum Gasteiger partial charge on any atom is -0.396 e. The van der Waals surface area contributed by atoms with Gasteiger partial charge in [0.05, 0.1) is 26.6 Å². The number of halogens is 1. The van der Waals surface area contributed by atoms with Gasteiger partial charge in [-0.05, 0) is 48.2 Å². The number of fused-ring (bicyclic) bond motifs is 1. The van der Waals surface area contributed by atoms with E-state index in [1.165, 1.54) is 6.26 Å². The van der Waals surface area contributed by atoms with Crippen molar-refractivity contribution in [1.29, 1.82) is 0 Å². The lowest BCUT2D eigenvalue weighted by Crippen LogP contribution is -1.96. The first-order chi connectivity index (χ1) is 14.3.